The fourth-order valence-electron chi connectivity index (χ4n) is 1.99. The quantitative estimate of drug-likeness (QED) is 0.479. The standard InChI is InChI=1S/C15H11NO6/c17-13(10-4-5-14-15(6-10)22-9-21-14)8-20-12-3-1-2-11(7-12)16(18)19/h1-7H,8-9H2. The first-order valence-corrected chi connectivity index (χ1v) is 6.43. The monoisotopic (exact) mass is 301 g/mol. The summed E-state index contributed by atoms with van der Waals surface area (Å²) in [5.41, 5.74) is 0.336. The summed E-state index contributed by atoms with van der Waals surface area (Å²) in [4.78, 5) is 22.2. The molecule has 1 aliphatic heterocycles. The molecule has 112 valence electrons. The number of ether oxygens (including phenoxy) is 3. The molecule has 1 heterocycles. The second-order valence-corrected chi connectivity index (χ2v) is 4.53. The molecule has 0 aromatic heterocycles. The molecular weight excluding hydrogens is 290 g/mol. The van der Waals surface area contributed by atoms with Gasteiger partial charge in [0.25, 0.3) is 5.69 Å². The van der Waals surface area contributed by atoms with Crippen LogP contribution in [0.5, 0.6) is 17.2 Å². The number of nitro groups is 1. The van der Waals surface area contributed by atoms with E-state index in [1.54, 1.807) is 24.3 Å². The highest BCUT2D eigenvalue weighted by molar-refractivity contribution is 5.97. The minimum absolute atomic E-state index is 0.0898. The fraction of sp³-hybridized carbons (Fsp3) is 0.133. The van der Waals surface area contributed by atoms with Crippen LogP contribution in [0.25, 0.3) is 0 Å². The zero-order valence-electron chi connectivity index (χ0n) is 11.4. The van der Waals surface area contributed by atoms with Crippen LogP contribution in [-0.2, 0) is 0 Å². The average Bonchev–Trinajstić information content (AvgIpc) is 3.00. The number of nitrogens with zero attached hydrogens (tertiary/aromatic N) is 1. The molecule has 0 bridgehead atoms. The summed E-state index contributed by atoms with van der Waals surface area (Å²) in [5, 5.41) is 10.7. The van der Waals surface area contributed by atoms with E-state index in [1.165, 1.54) is 18.2 Å². The van der Waals surface area contributed by atoms with Gasteiger partial charge in [-0.1, -0.05) is 6.07 Å². The highest BCUT2D eigenvalue weighted by Crippen LogP contribution is 2.32. The van der Waals surface area contributed by atoms with Crippen molar-refractivity contribution in [2.24, 2.45) is 0 Å². The summed E-state index contributed by atoms with van der Waals surface area (Å²) in [6.07, 6.45) is 0. The maximum absolute atomic E-state index is 12.1. The normalized spacial score (nSPS) is 12.0. The number of non-ortho nitro benzene ring substituents is 1. The third-order valence-corrected chi connectivity index (χ3v) is 3.09. The molecule has 0 atom stereocenters. The van der Waals surface area contributed by atoms with Gasteiger partial charge >= 0.3 is 0 Å². The number of hydrogen-bond acceptors (Lipinski definition) is 6. The topological polar surface area (TPSA) is 87.9 Å². The van der Waals surface area contributed by atoms with Gasteiger partial charge in [0, 0.05) is 11.6 Å². The minimum Gasteiger partial charge on any atom is -0.485 e. The van der Waals surface area contributed by atoms with Gasteiger partial charge in [0.05, 0.1) is 11.0 Å². The van der Waals surface area contributed by atoms with Crippen molar-refractivity contribution in [1.82, 2.24) is 0 Å². The largest absolute Gasteiger partial charge is 0.485 e. The van der Waals surface area contributed by atoms with E-state index in [9.17, 15) is 14.9 Å². The number of benzene rings is 2. The van der Waals surface area contributed by atoms with Crippen LogP contribution < -0.4 is 14.2 Å². The van der Waals surface area contributed by atoms with Gasteiger partial charge in [-0.25, -0.2) is 0 Å². The SMILES string of the molecule is O=C(COc1cccc([N+](=O)[O-])c1)c1ccc2c(c1)OCO2. The molecule has 0 fully saturated rings. The summed E-state index contributed by atoms with van der Waals surface area (Å²) in [6.45, 7) is -0.0853. The van der Waals surface area contributed by atoms with Crippen molar-refractivity contribution >= 4 is 11.5 Å². The Morgan fingerprint density at radius 3 is 2.82 bits per heavy atom. The number of carbonyl (C=O) groups excluding carboxylic acids is 1. The predicted molar refractivity (Wildman–Crippen MR) is 75.5 cm³/mol. The third kappa shape index (κ3) is 2.83. The molecule has 22 heavy (non-hydrogen) atoms. The third-order valence-electron chi connectivity index (χ3n) is 3.09. The van der Waals surface area contributed by atoms with Gasteiger partial charge in [0.15, 0.2) is 23.9 Å². The van der Waals surface area contributed by atoms with E-state index in [2.05, 4.69) is 0 Å². The Hall–Kier alpha value is -3.09. The number of rotatable bonds is 5. The van der Waals surface area contributed by atoms with Crippen LogP contribution >= 0.6 is 0 Å². The molecule has 0 N–H and O–H groups in total. The Morgan fingerprint density at radius 2 is 2.00 bits per heavy atom. The fourth-order valence-corrected chi connectivity index (χ4v) is 1.99. The summed E-state index contributed by atoms with van der Waals surface area (Å²) in [7, 11) is 0. The summed E-state index contributed by atoms with van der Waals surface area (Å²) in [5.74, 6) is 1.12. The van der Waals surface area contributed by atoms with Crippen LogP contribution in [0.3, 0.4) is 0 Å². The van der Waals surface area contributed by atoms with Gasteiger partial charge in [-0.05, 0) is 24.3 Å². The number of carbonyl (C=O) groups is 1. The van der Waals surface area contributed by atoms with E-state index in [1.807, 2.05) is 0 Å². The van der Waals surface area contributed by atoms with E-state index in [4.69, 9.17) is 14.2 Å². The highest BCUT2D eigenvalue weighted by atomic mass is 16.7. The van der Waals surface area contributed by atoms with E-state index >= 15 is 0 Å². The Morgan fingerprint density at radius 1 is 1.18 bits per heavy atom. The Balaban J connectivity index is 1.67. The van der Waals surface area contributed by atoms with Crippen LogP contribution in [0.1, 0.15) is 10.4 Å². The first kappa shape index (κ1) is 13.9. The highest BCUT2D eigenvalue weighted by Gasteiger charge is 2.16. The summed E-state index contributed by atoms with van der Waals surface area (Å²) in [6, 6.07) is 10.5. The molecule has 2 aromatic carbocycles. The molecule has 0 saturated carbocycles. The van der Waals surface area contributed by atoms with Gasteiger partial charge in [-0.15, -0.1) is 0 Å². The van der Waals surface area contributed by atoms with Crippen molar-refractivity contribution in [1.29, 1.82) is 0 Å². The lowest BCUT2D eigenvalue weighted by atomic mass is 10.1. The molecule has 3 rings (SSSR count). The molecule has 0 spiro atoms. The van der Waals surface area contributed by atoms with Crippen LogP contribution in [0.2, 0.25) is 0 Å². The lowest BCUT2D eigenvalue weighted by molar-refractivity contribution is -0.384. The van der Waals surface area contributed by atoms with Crippen molar-refractivity contribution in [3.8, 4) is 17.2 Å². The second kappa shape index (κ2) is 5.72. The Labute approximate surface area is 125 Å². The maximum atomic E-state index is 12.1. The van der Waals surface area contributed by atoms with Crippen LogP contribution in [0.4, 0.5) is 5.69 Å². The molecule has 0 radical (unpaired) electrons. The molecule has 0 saturated heterocycles. The van der Waals surface area contributed by atoms with E-state index in [0.29, 0.717) is 17.1 Å². The average molecular weight is 301 g/mol. The van der Waals surface area contributed by atoms with Gasteiger partial charge < -0.3 is 14.2 Å². The van der Waals surface area contributed by atoms with Crippen LogP contribution in [0.15, 0.2) is 42.5 Å². The molecule has 0 unspecified atom stereocenters. The van der Waals surface area contributed by atoms with Crippen LogP contribution in [0, 0.1) is 10.1 Å². The van der Waals surface area contributed by atoms with Gasteiger partial charge in [-0.3, -0.25) is 14.9 Å². The molecule has 1 aliphatic rings. The lowest BCUT2D eigenvalue weighted by Crippen LogP contribution is -2.11. The molecule has 0 aliphatic carbocycles. The van der Waals surface area contributed by atoms with Crippen molar-refractivity contribution in [3.05, 3.63) is 58.1 Å². The Kier molecular flexibility index (Phi) is 3.61. The first-order valence-electron chi connectivity index (χ1n) is 6.43. The predicted octanol–water partition coefficient (Wildman–Crippen LogP) is 2.59. The van der Waals surface area contributed by atoms with E-state index in [0.717, 1.165) is 0 Å². The van der Waals surface area contributed by atoms with Gasteiger partial charge in [0.2, 0.25) is 6.79 Å². The van der Waals surface area contributed by atoms with Crippen molar-refractivity contribution < 1.29 is 23.9 Å². The molecule has 2 aromatic rings. The number of hydrogen-bond donors (Lipinski definition) is 0. The molecular formula is C15H11NO6. The van der Waals surface area contributed by atoms with Crippen molar-refractivity contribution in [2.75, 3.05) is 13.4 Å². The Bertz CT molecular complexity index is 743. The zero-order chi connectivity index (χ0) is 15.5. The van der Waals surface area contributed by atoms with Crippen LogP contribution in [-0.4, -0.2) is 24.1 Å². The molecule has 0 amide bonds. The maximum Gasteiger partial charge on any atom is 0.273 e. The van der Waals surface area contributed by atoms with E-state index < -0.39 is 4.92 Å². The summed E-state index contributed by atoms with van der Waals surface area (Å²) >= 11 is 0. The number of Topliss-reactive ketones (excluding diaryl/α,β-unsaturated/α-hetero) is 1. The number of fused-ring (bicyclic) bond motifs is 1. The number of ketones is 1. The first-order chi connectivity index (χ1) is 10.6. The van der Waals surface area contributed by atoms with Crippen molar-refractivity contribution in [3.63, 3.8) is 0 Å². The second-order valence-electron chi connectivity index (χ2n) is 4.53. The smallest absolute Gasteiger partial charge is 0.273 e. The molecule has 7 heteroatoms. The summed E-state index contributed by atoms with van der Waals surface area (Å²) < 4.78 is 15.7. The van der Waals surface area contributed by atoms with E-state index in [-0.39, 0.29) is 30.6 Å². The van der Waals surface area contributed by atoms with Gasteiger partial charge in [0.1, 0.15) is 5.75 Å². The minimum atomic E-state index is -0.521. The molecule has 7 nitrogen and oxygen atoms in total. The zero-order valence-corrected chi connectivity index (χ0v) is 11.4. The number of nitro benzene ring substituents is 1. The van der Waals surface area contributed by atoms with Crippen molar-refractivity contribution in [2.45, 2.75) is 0 Å². The lowest BCUT2D eigenvalue weighted by Gasteiger charge is -2.06. The van der Waals surface area contributed by atoms with Gasteiger partial charge in [-0.2, -0.15) is 0 Å².